The van der Waals surface area contributed by atoms with Crippen molar-refractivity contribution in [3.8, 4) is 0 Å². The van der Waals surface area contributed by atoms with Crippen molar-refractivity contribution >= 4 is 17.1 Å². The van der Waals surface area contributed by atoms with Crippen LogP contribution in [0.3, 0.4) is 0 Å². The molecule has 2 aromatic heterocycles. The van der Waals surface area contributed by atoms with E-state index in [0.29, 0.717) is 10.7 Å². The number of aromatic nitrogens is 2. The van der Waals surface area contributed by atoms with Gasteiger partial charge in [0, 0.05) is 0 Å². The summed E-state index contributed by atoms with van der Waals surface area (Å²) in [5.74, 6) is -0.313. The highest BCUT2D eigenvalue weighted by Gasteiger charge is 2.02. The zero-order valence-electron chi connectivity index (χ0n) is 5.46. The van der Waals surface area contributed by atoms with Gasteiger partial charge in [0.05, 0.1) is 6.20 Å². The lowest BCUT2D eigenvalue weighted by atomic mass is 10.4. The molecule has 0 radical (unpaired) electrons. The minimum atomic E-state index is -0.313. The average Bonchev–Trinajstić information content (AvgIpc) is 2.45. The number of hydrogen-bond acceptors (Lipinski definition) is 1. The van der Waals surface area contributed by atoms with Gasteiger partial charge in [-0.1, -0.05) is 11.6 Å². The molecule has 2 aromatic rings. The fraction of sp³-hybridized carbons (Fsp3) is 0. The van der Waals surface area contributed by atoms with Crippen LogP contribution in [-0.4, -0.2) is 9.61 Å². The Balaban J connectivity index is 2.96. The first-order valence-corrected chi connectivity index (χ1v) is 3.44. The quantitative estimate of drug-likeness (QED) is 0.554. The summed E-state index contributed by atoms with van der Waals surface area (Å²) in [6.45, 7) is 0. The standard InChI is InChI=1S/C7H4ClFN2/c8-7-2-1-5(9)6-3-4-10-11(6)7/h1-4H. The van der Waals surface area contributed by atoms with Gasteiger partial charge in [-0.05, 0) is 18.2 Å². The molecular formula is C7H4ClFN2. The van der Waals surface area contributed by atoms with Crippen LogP contribution in [-0.2, 0) is 0 Å². The number of nitrogens with zero attached hydrogens (tertiary/aromatic N) is 2. The molecule has 2 rings (SSSR count). The third kappa shape index (κ3) is 0.886. The van der Waals surface area contributed by atoms with Gasteiger partial charge in [0.25, 0.3) is 0 Å². The third-order valence-corrected chi connectivity index (χ3v) is 1.74. The minimum Gasteiger partial charge on any atom is -0.219 e. The van der Waals surface area contributed by atoms with E-state index in [1.165, 1.54) is 22.8 Å². The van der Waals surface area contributed by atoms with Crippen molar-refractivity contribution in [2.45, 2.75) is 0 Å². The largest absolute Gasteiger partial charge is 0.219 e. The normalized spacial score (nSPS) is 10.7. The molecule has 0 aliphatic carbocycles. The van der Waals surface area contributed by atoms with Gasteiger partial charge in [-0.2, -0.15) is 5.10 Å². The van der Waals surface area contributed by atoms with Crippen LogP contribution in [0.1, 0.15) is 0 Å². The van der Waals surface area contributed by atoms with Crippen molar-refractivity contribution in [3.05, 3.63) is 35.4 Å². The molecule has 0 N–H and O–H groups in total. The number of fused-ring (bicyclic) bond motifs is 1. The molecule has 0 fully saturated rings. The predicted octanol–water partition coefficient (Wildman–Crippen LogP) is 2.13. The van der Waals surface area contributed by atoms with Gasteiger partial charge in [-0.25, -0.2) is 8.91 Å². The summed E-state index contributed by atoms with van der Waals surface area (Å²) in [6, 6.07) is 4.36. The maximum absolute atomic E-state index is 12.9. The SMILES string of the molecule is Fc1ccc(Cl)n2nccc12. The van der Waals surface area contributed by atoms with Crippen molar-refractivity contribution in [2.24, 2.45) is 0 Å². The Morgan fingerprint density at radius 2 is 2.18 bits per heavy atom. The molecule has 0 bridgehead atoms. The number of hydrogen-bond donors (Lipinski definition) is 0. The van der Waals surface area contributed by atoms with Gasteiger partial charge in [-0.3, -0.25) is 0 Å². The summed E-state index contributed by atoms with van der Waals surface area (Å²) in [4.78, 5) is 0. The Kier molecular flexibility index (Phi) is 1.32. The lowest BCUT2D eigenvalue weighted by Crippen LogP contribution is -1.90. The van der Waals surface area contributed by atoms with E-state index in [-0.39, 0.29) is 5.82 Å². The average molecular weight is 171 g/mol. The highest BCUT2D eigenvalue weighted by Crippen LogP contribution is 2.14. The van der Waals surface area contributed by atoms with Gasteiger partial charge >= 0.3 is 0 Å². The van der Waals surface area contributed by atoms with E-state index in [1.807, 2.05) is 0 Å². The van der Waals surface area contributed by atoms with E-state index in [4.69, 9.17) is 11.6 Å². The monoisotopic (exact) mass is 170 g/mol. The van der Waals surface area contributed by atoms with Crippen molar-refractivity contribution in [3.63, 3.8) is 0 Å². The van der Waals surface area contributed by atoms with E-state index in [9.17, 15) is 4.39 Å². The molecule has 56 valence electrons. The molecule has 0 spiro atoms. The molecule has 0 atom stereocenters. The Morgan fingerprint density at radius 1 is 1.36 bits per heavy atom. The smallest absolute Gasteiger partial charge is 0.149 e. The first-order chi connectivity index (χ1) is 5.29. The Hall–Kier alpha value is -1.09. The van der Waals surface area contributed by atoms with Gasteiger partial charge in [0.15, 0.2) is 0 Å². The van der Waals surface area contributed by atoms with Crippen molar-refractivity contribution in [2.75, 3.05) is 0 Å². The fourth-order valence-electron chi connectivity index (χ4n) is 0.952. The number of halogens is 2. The van der Waals surface area contributed by atoms with Crippen LogP contribution in [0.5, 0.6) is 0 Å². The van der Waals surface area contributed by atoms with E-state index in [0.717, 1.165) is 0 Å². The van der Waals surface area contributed by atoms with Crippen molar-refractivity contribution < 1.29 is 4.39 Å². The van der Waals surface area contributed by atoms with Crippen LogP contribution >= 0.6 is 11.6 Å². The zero-order chi connectivity index (χ0) is 7.84. The lowest BCUT2D eigenvalue weighted by Gasteiger charge is -1.95. The summed E-state index contributed by atoms with van der Waals surface area (Å²) < 4.78 is 14.2. The van der Waals surface area contributed by atoms with Crippen LogP contribution in [0.2, 0.25) is 5.15 Å². The van der Waals surface area contributed by atoms with Gasteiger partial charge in [0.2, 0.25) is 0 Å². The maximum atomic E-state index is 12.9. The molecule has 0 saturated carbocycles. The first-order valence-electron chi connectivity index (χ1n) is 3.07. The maximum Gasteiger partial charge on any atom is 0.149 e. The molecule has 2 heterocycles. The molecule has 2 nitrogen and oxygen atoms in total. The van der Waals surface area contributed by atoms with Crippen molar-refractivity contribution in [1.29, 1.82) is 0 Å². The lowest BCUT2D eigenvalue weighted by molar-refractivity contribution is 0.630. The van der Waals surface area contributed by atoms with Crippen LogP contribution in [0.4, 0.5) is 4.39 Å². The molecule has 11 heavy (non-hydrogen) atoms. The topological polar surface area (TPSA) is 17.3 Å². The predicted molar refractivity (Wildman–Crippen MR) is 40.2 cm³/mol. The second kappa shape index (κ2) is 2.20. The summed E-state index contributed by atoms with van der Waals surface area (Å²) in [6.07, 6.45) is 1.50. The minimum absolute atomic E-state index is 0.313. The molecular weight excluding hydrogens is 167 g/mol. The Labute approximate surface area is 67.2 Å². The van der Waals surface area contributed by atoms with E-state index in [1.54, 1.807) is 6.07 Å². The molecule has 0 saturated heterocycles. The van der Waals surface area contributed by atoms with E-state index in [2.05, 4.69) is 5.10 Å². The number of pyridine rings is 1. The molecule has 0 amide bonds. The number of rotatable bonds is 0. The second-order valence-corrected chi connectivity index (χ2v) is 2.52. The van der Waals surface area contributed by atoms with Crippen molar-refractivity contribution in [1.82, 2.24) is 9.61 Å². The Morgan fingerprint density at radius 3 is 2.91 bits per heavy atom. The van der Waals surface area contributed by atoms with Crippen LogP contribution in [0.25, 0.3) is 5.52 Å². The van der Waals surface area contributed by atoms with Gasteiger partial charge < -0.3 is 0 Å². The Bertz CT molecular complexity index is 360. The fourth-order valence-corrected chi connectivity index (χ4v) is 1.15. The van der Waals surface area contributed by atoms with Gasteiger partial charge in [0.1, 0.15) is 16.5 Å². The summed E-state index contributed by atoms with van der Waals surface area (Å²) >= 11 is 5.70. The van der Waals surface area contributed by atoms with Crippen LogP contribution < -0.4 is 0 Å². The van der Waals surface area contributed by atoms with E-state index >= 15 is 0 Å². The molecule has 0 aliphatic heterocycles. The third-order valence-electron chi connectivity index (χ3n) is 1.46. The highest BCUT2D eigenvalue weighted by molar-refractivity contribution is 6.29. The molecule has 4 heteroatoms. The summed E-state index contributed by atoms with van der Waals surface area (Å²) in [7, 11) is 0. The van der Waals surface area contributed by atoms with E-state index < -0.39 is 0 Å². The molecule has 0 unspecified atom stereocenters. The van der Waals surface area contributed by atoms with Crippen LogP contribution in [0.15, 0.2) is 24.4 Å². The zero-order valence-corrected chi connectivity index (χ0v) is 6.22. The summed E-state index contributed by atoms with van der Waals surface area (Å²) in [5.41, 5.74) is 0.400. The highest BCUT2D eigenvalue weighted by atomic mass is 35.5. The first kappa shape index (κ1) is 6.61. The van der Waals surface area contributed by atoms with Crippen LogP contribution in [0, 0.1) is 5.82 Å². The summed E-state index contributed by atoms with van der Waals surface area (Å²) in [5, 5.41) is 4.23. The molecule has 0 aromatic carbocycles. The van der Waals surface area contributed by atoms with Gasteiger partial charge in [-0.15, -0.1) is 0 Å². The molecule has 0 aliphatic rings. The second-order valence-electron chi connectivity index (χ2n) is 2.13.